The Balaban J connectivity index is 1.74. The number of aromatic nitrogens is 2. The van der Waals surface area contributed by atoms with Crippen molar-refractivity contribution in [3.8, 4) is 0 Å². The van der Waals surface area contributed by atoms with Crippen LogP contribution in [0.5, 0.6) is 0 Å². The molecule has 0 saturated heterocycles. The number of fused-ring (bicyclic) bond motifs is 1. The molecule has 1 unspecified atom stereocenters. The van der Waals surface area contributed by atoms with Crippen LogP contribution in [0, 0.1) is 0 Å². The van der Waals surface area contributed by atoms with Crippen LogP contribution in [0.15, 0.2) is 36.5 Å². The van der Waals surface area contributed by atoms with Gasteiger partial charge < -0.3 is 25.4 Å². The molecule has 2 heterocycles. The van der Waals surface area contributed by atoms with E-state index in [1.165, 1.54) is 0 Å². The predicted octanol–water partition coefficient (Wildman–Crippen LogP) is 2.03. The van der Waals surface area contributed by atoms with E-state index in [2.05, 4.69) is 20.6 Å². The van der Waals surface area contributed by atoms with Gasteiger partial charge in [-0.25, -0.2) is 14.8 Å². The second-order valence-corrected chi connectivity index (χ2v) is 7.21. The SMILES string of the molecule is COCCNc1ncc2c(n1)CN(C(=O)NC(CO)c1ccccc1)C2(C)C. The number of benzene rings is 1. The molecule has 3 N–H and O–H groups in total. The Morgan fingerprint density at radius 2 is 2.11 bits per heavy atom. The normalized spacial score (nSPS) is 15.8. The number of hydrogen-bond acceptors (Lipinski definition) is 6. The Hall–Kier alpha value is -2.71. The van der Waals surface area contributed by atoms with Crippen molar-refractivity contribution in [3.63, 3.8) is 0 Å². The lowest BCUT2D eigenvalue weighted by atomic mass is 9.97. The van der Waals surface area contributed by atoms with Gasteiger partial charge in [0, 0.05) is 25.4 Å². The number of hydrogen-bond donors (Lipinski definition) is 3. The van der Waals surface area contributed by atoms with E-state index in [0.29, 0.717) is 25.6 Å². The van der Waals surface area contributed by atoms with Gasteiger partial charge in [0.15, 0.2) is 0 Å². The van der Waals surface area contributed by atoms with Gasteiger partial charge in [-0.2, -0.15) is 0 Å². The average molecular weight is 385 g/mol. The molecule has 0 fully saturated rings. The number of rotatable bonds is 7. The Labute approximate surface area is 165 Å². The zero-order valence-electron chi connectivity index (χ0n) is 16.5. The van der Waals surface area contributed by atoms with E-state index in [1.807, 2.05) is 44.2 Å². The van der Waals surface area contributed by atoms with Crippen molar-refractivity contribution in [2.75, 3.05) is 32.2 Å². The number of nitrogens with one attached hydrogen (secondary N) is 2. The molecule has 1 aromatic heterocycles. The molecule has 150 valence electrons. The first-order valence-corrected chi connectivity index (χ1v) is 9.30. The van der Waals surface area contributed by atoms with E-state index >= 15 is 0 Å². The molecule has 2 amide bonds. The zero-order valence-corrected chi connectivity index (χ0v) is 16.5. The summed E-state index contributed by atoms with van der Waals surface area (Å²) in [6, 6.07) is 8.71. The fourth-order valence-corrected chi connectivity index (χ4v) is 3.36. The lowest BCUT2D eigenvalue weighted by molar-refractivity contribution is 0.136. The Morgan fingerprint density at radius 3 is 2.79 bits per heavy atom. The largest absolute Gasteiger partial charge is 0.394 e. The number of ether oxygens (including phenoxy) is 1. The molecule has 1 atom stereocenters. The maximum Gasteiger partial charge on any atom is 0.319 e. The highest BCUT2D eigenvalue weighted by atomic mass is 16.5. The van der Waals surface area contributed by atoms with Crippen LogP contribution in [-0.4, -0.2) is 52.9 Å². The van der Waals surface area contributed by atoms with Gasteiger partial charge in [-0.15, -0.1) is 0 Å². The van der Waals surface area contributed by atoms with E-state index in [4.69, 9.17) is 4.74 Å². The molecular weight excluding hydrogens is 358 g/mol. The van der Waals surface area contributed by atoms with Gasteiger partial charge in [0.05, 0.1) is 37.0 Å². The lowest BCUT2D eigenvalue weighted by Crippen LogP contribution is -2.47. The molecule has 0 bridgehead atoms. The Kier molecular flexibility index (Phi) is 6.11. The topological polar surface area (TPSA) is 99.6 Å². The minimum atomic E-state index is -0.554. The van der Waals surface area contributed by atoms with Crippen LogP contribution >= 0.6 is 0 Å². The molecule has 0 radical (unpaired) electrons. The summed E-state index contributed by atoms with van der Waals surface area (Å²) in [4.78, 5) is 23.6. The summed E-state index contributed by atoms with van der Waals surface area (Å²) in [5.41, 5.74) is 2.04. The van der Waals surface area contributed by atoms with E-state index in [-0.39, 0.29) is 12.6 Å². The molecular formula is C20H27N5O3. The van der Waals surface area contributed by atoms with Gasteiger partial charge in [0.1, 0.15) is 0 Å². The van der Waals surface area contributed by atoms with E-state index < -0.39 is 11.6 Å². The van der Waals surface area contributed by atoms with Gasteiger partial charge in [0.2, 0.25) is 5.95 Å². The quantitative estimate of drug-likeness (QED) is 0.631. The second kappa shape index (κ2) is 8.53. The van der Waals surface area contributed by atoms with Gasteiger partial charge in [-0.3, -0.25) is 0 Å². The number of carbonyl (C=O) groups is 1. The summed E-state index contributed by atoms with van der Waals surface area (Å²) in [6.45, 7) is 5.31. The van der Waals surface area contributed by atoms with Crippen molar-refractivity contribution in [1.82, 2.24) is 20.2 Å². The third-order valence-corrected chi connectivity index (χ3v) is 5.03. The number of aliphatic hydroxyl groups is 1. The minimum Gasteiger partial charge on any atom is -0.394 e. The minimum absolute atomic E-state index is 0.176. The van der Waals surface area contributed by atoms with Crippen LogP contribution in [0.3, 0.4) is 0 Å². The van der Waals surface area contributed by atoms with Crippen LogP contribution in [0.2, 0.25) is 0 Å². The van der Waals surface area contributed by atoms with Gasteiger partial charge in [-0.05, 0) is 19.4 Å². The third-order valence-electron chi connectivity index (χ3n) is 5.03. The first-order valence-electron chi connectivity index (χ1n) is 9.30. The number of methoxy groups -OCH3 is 1. The fourth-order valence-electron chi connectivity index (χ4n) is 3.36. The first-order chi connectivity index (χ1) is 13.5. The summed E-state index contributed by atoms with van der Waals surface area (Å²) in [7, 11) is 1.64. The maximum atomic E-state index is 13.0. The monoisotopic (exact) mass is 385 g/mol. The average Bonchev–Trinajstić information content (AvgIpc) is 2.97. The highest BCUT2D eigenvalue weighted by molar-refractivity contribution is 5.77. The maximum absolute atomic E-state index is 13.0. The standard InChI is InChI=1S/C20H27N5O3/c1-20(2)15-11-22-18(21-9-10-28-3)23-16(15)12-25(20)19(27)24-17(13-26)14-7-5-4-6-8-14/h4-8,11,17,26H,9-10,12-13H2,1-3H3,(H,24,27)(H,21,22,23). The van der Waals surface area contributed by atoms with Crippen LogP contribution < -0.4 is 10.6 Å². The highest BCUT2D eigenvalue weighted by Gasteiger charge is 2.42. The van der Waals surface area contributed by atoms with E-state index in [1.54, 1.807) is 18.2 Å². The molecule has 1 aliphatic rings. The van der Waals surface area contributed by atoms with E-state index in [9.17, 15) is 9.90 Å². The summed E-state index contributed by atoms with van der Waals surface area (Å²) >= 11 is 0. The molecule has 1 aromatic carbocycles. The number of nitrogens with zero attached hydrogens (tertiary/aromatic N) is 3. The predicted molar refractivity (Wildman–Crippen MR) is 106 cm³/mol. The van der Waals surface area contributed by atoms with Crippen molar-refractivity contribution < 1.29 is 14.6 Å². The smallest absolute Gasteiger partial charge is 0.319 e. The number of amides is 2. The molecule has 8 heteroatoms. The Morgan fingerprint density at radius 1 is 1.36 bits per heavy atom. The van der Waals surface area contributed by atoms with Crippen LogP contribution in [-0.2, 0) is 16.8 Å². The summed E-state index contributed by atoms with van der Waals surface area (Å²) in [5, 5.41) is 15.8. The third kappa shape index (κ3) is 4.07. The molecule has 0 saturated carbocycles. The van der Waals surface area contributed by atoms with E-state index in [0.717, 1.165) is 16.8 Å². The molecule has 28 heavy (non-hydrogen) atoms. The van der Waals surface area contributed by atoms with Crippen molar-refractivity contribution >= 4 is 12.0 Å². The number of urea groups is 1. The van der Waals surface area contributed by atoms with Crippen molar-refractivity contribution in [1.29, 1.82) is 0 Å². The van der Waals surface area contributed by atoms with Gasteiger partial charge >= 0.3 is 6.03 Å². The number of anilines is 1. The van der Waals surface area contributed by atoms with Gasteiger partial charge in [0.25, 0.3) is 0 Å². The number of carbonyl (C=O) groups excluding carboxylic acids is 1. The Bertz CT molecular complexity index is 813. The zero-order chi connectivity index (χ0) is 20.1. The molecule has 3 rings (SSSR count). The first kappa shape index (κ1) is 20.0. The second-order valence-electron chi connectivity index (χ2n) is 7.21. The number of aliphatic hydroxyl groups excluding tert-OH is 1. The molecule has 1 aliphatic heterocycles. The lowest BCUT2D eigenvalue weighted by Gasteiger charge is -2.33. The molecule has 2 aromatic rings. The van der Waals surface area contributed by atoms with Crippen LogP contribution in [0.1, 0.15) is 36.7 Å². The van der Waals surface area contributed by atoms with Crippen molar-refractivity contribution in [2.45, 2.75) is 32.0 Å². The molecule has 0 aliphatic carbocycles. The van der Waals surface area contributed by atoms with Crippen LogP contribution in [0.25, 0.3) is 0 Å². The molecule has 0 spiro atoms. The molecule has 8 nitrogen and oxygen atoms in total. The summed E-state index contributed by atoms with van der Waals surface area (Å²) in [6.07, 6.45) is 1.77. The fraction of sp³-hybridized carbons (Fsp3) is 0.450. The summed E-state index contributed by atoms with van der Waals surface area (Å²) in [5.74, 6) is 0.520. The summed E-state index contributed by atoms with van der Waals surface area (Å²) < 4.78 is 5.02. The van der Waals surface area contributed by atoms with Crippen molar-refractivity contribution in [2.24, 2.45) is 0 Å². The van der Waals surface area contributed by atoms with Gasteiger partial charge in [-0.1, -0.05) is 30.3 Å². The van der Waals surface area contributed by atoms with Crippen LogP contribution in [0.4, 0.5) is 10.7 Å². The highest BCUT2D eigenvalue weighted by Crippen LogP contribution is 2.38. The van der Waals surface area contributed by atoms with Crippen molar-refractivity contribution in [3.05, 3.63) is 53.3 Å².